The van der Waals surface area contributed by atoms with Gasteiger partial charge in [0.05, 0.1) is 0 Å². The van der Waals surface area contributed by atoms with E-state index in [0.717, 1.165) is 18.6 Å². The van der Waals surface area contributed by atoms with Crippen molar-refractivity contribution >= 4 is 6.29 Å². The highest BCUT2D eigenvalue weighted by Crippen LogP contribution is 2.32. The van der Waals surface area contributed by atoms with Crippen LogP contribution in [0.3, 0.4) is 0 Å². The van der Waals surface area contributed by atoms with Gasteiger partial charge >= 0.3 is 0 Å². The van der Waals surface area contributed by atoms with Gasteiger partial charge in [-0.05, 0) is 43.2 Å². The minimum Gasteiger partial charge on any atom is -0.304 e. The van der Waals surface area contributed by atoms with Gasteiger partial charge in [-0.1, -0.05) is 64.3 Å². The molecule has 0 heterocycles. The summed E-state index contributed by atoms with van der Waals surface area (Å²) in [4.78, 5) is 8.81. The fourth-order valence-electron chi connectivity index (χ4n) is 2.46. The van der Waals surface area contributed by atoms with Gasteiger partial charge in [0.25, 0.3) is 0 Å². The highest BCUT2D eigenvalue weighted by atomic mass is 16.1. The number of hydrogen-bond acceptors (Lipinski definition) is 1. The number of aldehydes is 1. The smallest absolute Gasteiger partial charge is 0.116 e. The number of carbonyl (C=O) groups is 1. The SMILES string of the molecule is CC.CC=O.CCc1ccc(C2CCCCC2)cc1. The Morgan fingerprint density at radius 1 is 1.05 bits per heavy atom. The van der Waals surface area contributed by atoms with E-state index in [0.29, 0.717) is 0 Å². The molecule has 1 fully saturated rings. The molecule has 108 valence electrons. The Bertz CT molecular complexity index is 307. The summed E-state index contributed by atoms with van der Waals surface area (Å²) in [6.45, 7) is 7.66. The van der Waals surface area contributed by atoms with Crippen molar-refractivity contribution in [3.63, 3.8) is 0 Å². The number of benzene rings is 1. The third-order valence-electron chi connectivity index (χ3n) is 3.46. The minimum absolute atomic E-state index is 0.750. The van der Waals surface area contributed by atoms with Crippen molar-refractivity contribution in [3.8, 4) is 0 Å². The van der Waals surface area contributed by atoms with Gasteiger partial charge in [0.15, 0.2) is 0 Å². The number of hydrogen-bond donors (Lipinski definition) is 0. The highest BCUT2D eigenvalue weighted by Gasteiger charge is 2.14. The van der Waals surface area contributed by atoms with E-state index in [-0.39, 0.29) is 0 Å². The van der Waals surface area contributed by atoms with Crippen LogP contribution >= 0.6 is 0 Å². The molecule has 1 aliphatic rings. The molecule has 0 N–H and O–H groups in total. The van der Waals surface area contributed by atoms with Crippen LogP contribution in [0.25, 0.3) is 0 Å². The van der Waals surface area contributed by atoms with Gasteiger partial charge in [-0.2, -0.15) is 0 Å². The zero-order chi connectivity index (χ0) is 14.5. The molecule has 0 aliphatic heterocycles. The average molecular weight is 262 g/mol. The average Bonchev–Trinajstić information content (AvgIpc) is 2.51. The second-order valence-electron chi connectivity index (χ2n) is 4.67. The molecular weight excluding hydrogens is 232 g/mol. The maximum atomic E-state index is 8.81. The largest absolute Gasteiger partial charge is 0.304 e. The number of aryl methyl sites for hydroxylation is 1. The summed E-state index contributed by atoms with van der Waals surface area (Å²) in [6.07, 6.45) is 9.03. The molecule has 1 nitrogen and oxygen atoms in total. The standard InChI is InChI=1S/C14H20.C2H4O.C2H6/c1-2-12-8-10-14(11-9-12)13-6-4-3-5-7-13;1-2-3;1-2/h8-11,13H,2-7H2,1H3;2H,1H3;1-2H3. The Hall–Kier alpha value is -1.11. The summed E-state index contributed by atoms with van der Waals surface area (Å²) in [5, 5.41) is 0. The minimum atomic E-state index is 0.750. The van der Waals surface area contributed by atoms with Crippen LogP contribution in [0.4, 0.5) is 0 Å². The van der Waals surface area contributed by atoms with Crippen molar-refractivity contribution in [3.05, 3.63) is 35.4 Å². The van der Waals surface area contributed by atoms with Crippen molar-refractivity contribution in [2.75, 3.05) is 0 Å². The summed E-state index contributed by atoms with van der Waals surface area (Å²) in [7, 11) is 0. The quantitative estimate of drug-likeness (QED) is 0.641. The molecule has 0 saturated heterocycles. The van der Waals surface area contributed by atoms with E-state index in [1.165, 1.54) is 44.6 Å². The van der Waals surface area contributed by atoms with E-state index in [4.69, 9.17) is 4.79 Å². The zero-order valence-electron chi connectivity index (χ0n) is 13.1. The Kier molecular flexibility index (Phi) is 11.3. The first kappa shape index (κ1) is 17.9. The molecule has 19 heavy (non-hydrogen) atoms. The molecule has 0 spiro atoms. The van der Waals surface area contributed by atoms with Gasteiger partial charge in [0.1, 0.15) is 6.29 Å². The van der Waals surface area contributed by atoms with Crippen LogP contribution in [0, 0.1) is 0 Å². The molecule has 0 bridgehead atoms. The third-order valence-corrected chi connectivity index (χ3v) is 3.46. The molecule has 1 heteroatoms. The highest BCUT2D eigenvalue weighted by molar-refractivity contribution is 5.44. The summed E-state index contributed by atoms with van der Waals surface area (Å²) in [5.41, 5.74) is 3.03. The lowest BCUT2D eigenvalue weighted by Gasteiger charge is -2.22. The van der Waals surface area contributed by atoms with Crippen molar-refractivity contribution in [2.45, 2.75) is 72.1 Å². The first-order valence-corrected chi connectivity index (χ1v) is 7.80. The maximum absolute atomic E-state index is 8.81. The maximum Gasteiger partial charge on any atom is 0.116 e. The second kappa shape index (κ2) is 12.0. The van der Waals surface area contributed by atoms with Gasteiger partial charge in [0, 0.05) is 0 Å². The monoisotopic (exact) mass is 262 g/mol. The Balaban J connectivity index is 0.000000573. The van der Waals surface area contributed by atoms with Crippen molar-refractivity contribution in [1.82, 2.24) is 0 Å². The molecule has 1 aliphatic carbocycles. The third kappa shape index (κ3) is 7.15. The molecule has 0 radical (unpaired) electrons. The molecule has 1 aromatic carbocycles. The van der Waals surface area contributed by atoms with Crippen LogP contribution in [0.2, 0.25) is 0 Å². The fraction of sp³-hybridized carbons (Fsp3) is 0.611. The van der Waals surface area contributed by atoms with E-state index in [1.807, 2.05) is 13.8 Å². The van der Waals surface area contributed by atoms with E-state index in [1.54, 1.807) is 5.56 Å². The molecular formula is C18H30O. The van der Waals surface area contributed by atoms with Gasteiger partial charge in [0.2, 0.25) is 0 Å². The summed E-state index contributed by atoms with van der Waals surface area (Å²) in [5.74, 6) is 0.856. The lowest BCUT2D eigenvalue weighted by Crippen LogP contribution is -2.04. The van der Waals surface area contributed by atoms with Crippen LogP contribution in [0.1, 0.15) is 76.8 Å². The van der Waals surface area contributed by atoms with Gasteiger partial charge in [-0.25, -0.2) is 0 Å². The van der Waals surface area contributed by atoms with Gasteiger partial charge in [-0.3, -0.25) is 0 Å². The number of rotatable bonds is 2. The second-order valence-corrected chi connectivity index (χ2v) is 4.67. The van der Waals surface area contributed by atoms with Crippen LogP contribution < -0.4 is 0 Å². The van der Waals surface area contributed by atoms with E-state index in [2.05, 4.69) is 31.2 Å². The van der Waals surface area contributed by atoms with Crippen LogP contribution in [-0.2, 0) is 11.2 Å². The van der Waals surface area contributed by atoms with Crippen LogP contribution in [0.15, 0.2) is 24.3 Å². The van der Waals surface area contributed by atoms with Crippen molar-refractivity contribution < 1.29 is 4.79 Å². The Morgan fingerprint density at radius 2 is 1.53 bits per heavy atom. The first-order valence-electron chi connectivity index (χ1n) is 7.80. The lowest BCUT2D eigenvalue weighted by atomic mass is 9.84. The van der Waals surface area contributed by atoms with Gasteiger partial charge in [-0.15, -0.1) is 0 Å². The molecule has 0 unspecified atom stereocenters. The van der Waals surface area contributed by atoms with E-state index in [9.17, 15) is 0 Å². The summed E-state index contributed by atoms with van der Waals surface area (Å²) in [6, 6.07) is 9.28. The Morgan fingerprint density at radius 3 is 1.95 bits per heavy atom. The molecule has 1 saturated carbocycles. The molecule has 0 aromatic heterocycles. The summed E-state index contributed by atoms with van der Waals surface area (Å²) < 4.78 is 0. The predicted octanol–water partition coefficient (Wildman–Crippen LogP) is 5.53. The Labute approximate surface area is 119 Å². The fourth-order valence-corrected chi connectivity index (χ4v) is 2.46. The normalized spacial score (nSPS) is 14.5. The first-order chi connectivity index (χ1) is 9.31. The van der Waals surface area contributed by atoms with Gasteiger partial charge < -0.3 is 4.79 Å². The van der Waals surface area contributed by atoms with E-state index < -0.39 is 0 Å². The lowest BCUT2D eigenvalue weighted by molar-refractivity contribution is -0.106. The predicted molar refractivity (Wildman–Crippen MR) is 84.7 cm³/mol. The molecule has 2 rings (SSSR count). The molecule has 0 amide bonds. The van der Waals surface area contributed by atoms with Crippen molar-refractivity contribution in [1.29, 1.82) is 0 Å². The zero-order valence-corrected chi connectivity index (χ0v) is 13.1. The summed E-state index contributed by atoms with van der Waals surface area (Å²) >= 11 is 0. The number of carbonyl (C=O) groups excluding carboxylic acids is 1. The molecule has 1 aromatic rings. The van der Waals surface area contributed by atoms with E-state index >= 15 is 0 Å². The molecule has 0 atom stereocenters. The topological polar surface area (TPSA) is 17.1 Å². The van der Waals surface area contributed by atoms with Crippen LogP contribution in [0.5, 0.6) is 0 Å². The van der Waals surface area contributed by atoms with Crippen LogP contribution in [-0.4, -0.2) is 6.29 Å². The van der Waals surface area contributed by atoms with Crippen molar-refractivity contribution in [2.24, 2.45) is 0 Å².